The lowest BCUT2D eigenvalue weighted by Crippen LogP contribution is -2.15. The average Bonchev–Trinajstić information content (AvgIpc) is 2.82. The van der Waals surface area contributed by atoms with E-state index < -0.39 is 0 Å². The Morgan fingerprint density at radius 1 is 0.645 bits per heavy atom. The first kappa shape index (κ1) is 24.0. The molecule has 0 saturated heterocycles. The Hall–Kier alpha value is -1.63. The van der Waals surface area contributed by atoms with E-state index >= 15 is 0 Å². The molecule has 1 nitrogen and oxygen atoms in total. The van der Waals surface area contributed by atoms with Crippen molar-refractivity contribution < 1.29 is 0 Å². The Morgan fingerprint density at radius 2 is 1.29 bits per heavy atom. The summed E-state index contributed by atoms with van der Waals surface area (Å²) < 4.78 is 0. The molecule has 0 bridgehead atoms. The van der Waals surface area contributed by atoms with E-state index in [9.17, 15) is 0 Å². The molecule has 1 aromatic carbocycles. The molecule has 31 heavy (non-hydrogen) atoms. The smallest absolute Gasteiger partial charge is 0.0702 e. The van der Waals surface area contributed by atoms with Gasteiger partial charge >= 0.3 is 0 Å². The maximum atomic E-state index is 4.76. The van der Waals surface area contributed by atoms with Crippen molar-refractivity contribution >= 4 is 0 Å². The van der Waals surface area contributed by atoms with Crippen molar-refractivity contribution in [2.24, 2.45) is 11.8 Å². The van der Waals surface area contributed by atoms with Crippen LogP contribution in [0.1, 0.15) is 108 Å². The van der Waals surface area contributed by atoms with Crippen LogP contribution in [0.2, 0.25) is 0 Å². The summed E-state index contributed by atoms with van der Waals surface area (Å²) in [7, 11) is 0. The minimum Gasteiger partial charge on any atom is -0.256 e. The highest BCUT2D eigenvalue weighted by Gasteiger charge is 2.20. The number of aryl methyl sites for hydroxylation is 2. The number of pyridine rings is 1. The van der Waals surface area contributed by atoms with Gasteiger partial charge < -0.3 is 0 Å². The van der Waals surface area contributed by atoms with Crippen LogP contribution in [-0.4, -0.2) is 4.98 Å². The Morgan fingerprint density at radius 3 is 1.94 bits per heavy atom. The second kappa shape index (κ2) is 13.7. The van der Waals surface area contributed by atoms with E-state index in [4.69, 9.17) is 4.98 Å². The highest BCUT2D eigenvalue weighted by atomic mass is 14.7. The third-order valence-corrected chi connectivity index (χ3v) is 7.39. The van der Waals surface area contributed by atoms with Crippen molar-refractivity contribution in [2.45, 2.75) is 110 Å². The first-order valence-electron chi connectivity index (χ1n) is 13.3. The van der Waals surface area contributed by atoms with Gasteiger partial charge in [-0.2, -0.15) is 0 Å². The van der Waals surface area contributed by atoms with Crippen molar-refractivity contribution in [1.82, 2.24) is 4.98 Å². The molecular weight excluding hydrogens is 374 g/mol. The molecule has 1 aromatic heterocycles. The van der Waals surface area contributed by atoms with Crippen LogP contribution in [0, 0.1) is 11.8 Å². The van der Waals surface area contributed by atoms with Crippen LogP contribution >= 0.6 is 0 Å². The number of nitrogens with zero attached hydrogens (tertiary/aromatic N) is 1. The molecule has 0 amide bonds. The zero-order valence-electron chi connectivity index (χ0n) is 20.2. The largest absolute Gasteiger partial charge is 0.256 e. The van der Waals surface area contributed by atoms with Crippen LogP contribution in [0.3, 0.4) is 0 Å². The molecule has 1 heterocycles. The van der Waals surface area contributed by atoms with Crippen LogP contribution in [0.4, 0.5) is 0 Å². The number of benzene rings is 1. The molecule has 1 aliphatic carbocycles. The van der Waals surface area contributed by atoms with E-state index in [1.165, 1.54) is 107 Å². The molecule has 1 aliphatic rings. The van der Waals surface area contributed by atoms with E-state index in [2.05, 4.69) is 56.4 Å². The van der Waals surface area contributed by atoms with Crippen molar-refractivity contribution in [3.63, 3.8) is 0 Å². The Labute approximate surface area is 192 Å². The molecule has 1 fully saturated rings. The minimum absolute atomic E-state index is 0.937. The molecule has 2 aromatic rings. The Balaban J connectivity index is 1.33. The number of rotatable bonds is 13. The monoisotopic (exact) mass is 419 g/mol. The number of aromatic nitrogens is 1. The van der Waals surface area contributed by atoms with Gasteiger partial charge in [0.2, 0.25) is 0 Å². The highest BCUT2D eigenvalue weighted by Crippen LogP contribution is 2.34. The third-order valence-electron chi connectivity index (χ3n) is 7.39. The lowest BCUT2D eigenvalue weighted by atomic mass is 9.78. The van der Waals surface area contributed by atoms with Crippen LogP contribution < -0.4 is 0 Å². The summed E-state index contributed by atoms with van der Waals surface area (Å²) in [5.41, 5.74) is 5.15. The number of hydrogen-bond acceptors (Lipinski definition) is 1. The van der Waals surface area contributed by atoms with Crippen LogP contribution in [0.15, 0.2) is 42.6 Å². The molecule has 0 spiro atoms. The predicted octanol–water partition coefficient (Wildman–Crippen LogP) is 9.19. The van der Waals surface area contributed by atoms with E-state index in [1.54, 1.807) is 0 Å². The lowest BCUT2D eigenvalue weighted by molar-refractivity contribution is 0.248. The second-order valence-electron chi connectivity index (χ2n) is 9.98. The summed E-state index contributed by atoms with van der Waals surface area (Å²) >= 11 is 0. The first-order chi connectivity index (χ1) is 15.3. The van der Waals surface area contributed by atoms with Gasteiger partial charge in [0.1, 0.15) is 0 Å². The molecule has 3 rings (SSSR count). The van der Waals surface area contributed by atoms with Crippen LogP contribution in [0.5, 0.6) is 0 Å². The third kappa shape index (κ3) is 8.43. The van der Waals surface area contributed by atoms with Gasteiger partial charge in [0.05, 0.1) is 5.69 Å². The van der Waals surface area contributed by atoms with Gasteiger partial charge in [0, 0.05) is 11.8 Å². The van der Waals surface area contributed by atoms with Crippen LogP contribution in [-0.2, 0) is 12.8 Å². The van der Waals surface area contributed by atoms with Gasteiger partial charge in [0.15, 0.2) is 0 Å². The molecule has 0 radical (unpaired) electrons. The molecule has 0 aliphatic heterocycles. The van der Waals surface area contributed by atoms with Gasteiger partial charge in [-0.05, 0) is 48.3 Å². The standard InChI is InChI=1S/C30H45N/c1-3-5-6-7-8-9-11-26-12-14-27(15-13-26)16-17-28-20-23-30(31-24-28)29-21-18-25(10-4-2)19-22-29/h18-24,26-27H,3-17H2,1-2H3. The molecule has 0 atom stereocenters. The van der Waals surface area contributed by atoms with Gasteiger partial charge in [-0.15, -0.1) is 0 Å². The Kier molecular flexibility index (Phi) is 10.6. The van der Waals surface area contributed by atoms with Gasteiger partial charge in [-0.1, -0.05) is 121 Å². The van der Waals surface area contributed by atoms with E-state index in [0.29, 0.717) is 0 Å². The van der Waals surface area contributed by atoms with E-state index in [0.717, 1.165) is 24.0 Å². The molecular formula is C30H45N. The fraction of sp³-hybridized carbons (Fsp3) is 0.633. The van der Waals surface area contributed by atoms with Crippen molar-refractivity contribution in [3.05, 3.63) is 53.7 Å². The molecule has 1 heteroatoms. The number of unbranched alkanes of at least 4 members (excludes halogenated alkanes) is 5. The van der Waals surface area contributed by atoms with Crippen molar-refractivity contribution in [3.8, 4) is 11.3 Å². The summed E-state index contributed by atoms with van der Waals surface area (Å²) in [6.07, 6.45) is 23.0. The molecule has 0 N–H and O–H groups in total. The zero-order valence-corrected chi connectivity index (χ0v) is 20.2. The Bertz CT molecular complexity index is 707. The summed E-state index contributed by atoms with van der Waals surface area (Å²) in [5.74, 6) is 1.96. The highest BCUT2D eigenvalue weighted by molar-refractivity contribution is 5.59. The summed E-state index contributed by atoms with van der Waals surface area (Å²) in [6.45, 7) is 4.54. The maximum absolute atomic E-state index is 4.76. The average molecular weight is 420 g/mol. The number of hydrogen-bond donors (Lipinski definition) is 0. The summed E-state index contributed by atoms with van der Waals surface area (Å²) in [5, 5.41) is 0. The van der Waals surface area contributed by atoms with Gasteiger partial charge in [-0.25, -0.2) is 0 Å². The first-order valence-corrected chi connectivity index (χ1v) is 13.3. The SMILES string of the molecule is CCCCCCCCC1CCC(CCc2ccc(-c3ccc(CCC)cc3)nc2)CC1. The zero-order chi connectivity index (χ0) is 21.7. The summed E-state index contributed by atoms with van der Waals surface area (Å²) in [6, 6.07) is 13.4. The molecule has 170 valence electrons. The molecule has 0 unspecified atom stereocenters. The summed E-state index contributed by atoms with van der Waals surface area (Å²) in [4.78, 5) is 4.76. The maximum Gasteiger partial charge on any atom is 0.0702 e. The van der Waals surface area contributed by atoms with E-state index in [-0.39, 0.29) is 0 Å². The van der Waals surface area contributed by atoms with Gasteiger partial charge in [0.25, 0.3) is 0 Å². The van der Waals surface area contributed by atoms with Crippen molar-refractivity contribution in [1.29, 1.82) is 0 Å². The minimum atomic E-state index is 0.937. The topological polar surface area (TPSA) is 12.9 Å². The fourth-order valence-corrected chi connectivity index (χ4v) is 5.27. The van der Waals surface area contributed by atoms with Gasteiger partial charge in [-0.3, -0.25) is 4.98 Å². The lowest BCUT2D eigenvalue weighted by Gasteiger charge is -2.28. The van der Waals surface area contributed by atoms with Crippen LogP contribution in [0.25, 0.3) is 11.3 Å². The second-order valence-corrected chi connectivity index (χ2v) is 9.98. The quantitative estimate of drug-likeness (QED) is 0.295. The molecule has 1 saturated carbocycles. The normalized spacial score (nSPS) is 18.9. The predicted molar refractivity (Wildman–Crippen MR) is 135 cm³/mol. The van der Waals surface area contributed by atoms with Crippen molar-refractivity contribution in [2.75, 3.05) is 0 Å². The van der Waals surface area contributed by atoms with E-state index in [1.807, 2.05) is 0 Å². The fourth-order valence-electron chi connectivity index (χ4n) is 5.27.